The van der Waals surface area contributed by atoms with E-state index in [1.165, 1.54) is 11.3 Å². The topological polar surface area (TPSA) is 80.8 Å². The van der Waals surface area contributed by atoms with Crippen LogP contribution < -0.4 is 5.73 Å². The molecular weight excluding hydrogens is 228 g/mol. The number of carbonyl (C=O) groups is 1. The summed E-state index contributed by atoms with van der Waals surface area (Å²) in [6.07, 6.45) is 0. The van der Waals surface area contributed by atoms with Gasteiger partial charge in [-0.2, -0.15) is 4.99 Å². The predicted molar refractivity (Wildman–Crippen MR) is 60.5 cm³/mol. The molecule has 1 aromatic heterocycles. The molecule has 16 heavy (non-hydrogen) atoms. The highest BCUT2D eigenvalue weighted by Gasteiger charge is 2.35. The number of ether oxygens (including phenoxy) is 1. The second-order valence-electron chi connectivity index (χ2n) is 3.32. The van der Waals surface area contributed by atoms with Gasteiger partial charge < -0.3 is 15.4 Å². The van der Waals surface area contributed by atoms with Crippen molar-refractivity contribution in [3.63, 3.8) is 0 Å². The predicted octanol–water partition coefficient (Wildman–Crippen LogP) is 0.623. The number of urea groups is 1. The van der Waals surface area contributed by atoms with Gasteiger partial charge in [-0.25, -0.2) is 9.78 Å². The molecule has 0 spiro atoms. The van der Waals surface area contributed by atoms with Crippen molar-refractivity contribution in [3.05, 3.63) is 16.6 Å². The first-order valence-electron chi connectivity index (χ1n) is 4.75. The molecule has 1 atom stereocenters. The summed E-state index contributed by atoms with van der Waals surface area (Å²) in [5.41, 5.74) is 8.20. The van der Waals surface area contributed by atoms with E-state index in [0.717, 1.165) is 5.69 Å². The Labute approximate surface area is 96.7 Å². The van der Waals surface area contributed by atoms with Gasteiger partial charge in [0.2, 0.25) is 0 Å². The fourth-order valence-corrected chi connectivity index (χ4v) is 2.16. The molecule has 2 heterocycles. The summed E-state index contributed by atoms with van der Waals surface area (Å²) >= 11 is 1.46. The van der Waals surface area contributed by atoms with Crippen LogP contribution >= 0.6 is 11.3 Å². The van der Waals surface area contributed by atoms with Crippen LogP contribution in [-0.4, -0.2) is 42.0 Å². The Morgan fingerprint density at radius 2 is 2.50 bits per heavy atom. The maximum absolute atomic E-state index is 11.6. The van der Waals surface area contributed by atoms with E-state index in [1.54, 1.807) is 17.5 Å². The summed E-state index contributed by atoms with van der Waals surface area (Å²) in [5.74, 6) is 0.298. The molecule has 0 saturated carbocycles. The fraction of sp³-hybridized carbons (Fsp3) is 0.444. The fourth-order valence-electron chi connectivity index (χ4n) is 1.59. The van der Waals surface area contributed by atoms with Crippen LogP contribution in [0, 0.1) is 0 Å². The van der Waals surface area contributed by atoms with Crippen LogP contribution in [0.25, 0.3) is 0 Å². The molecule has 1 unspecified atom stereocenters. The van der Waals surface area contributed by atoms with E-state index in [2.05, 4.69) is 9.98 Å². The van der Waals surface area contributed by atoms with Crippen LogP contribution in [0.2, 0.25) is 0 Å². The van der Waals surface area contributed by atoms with Gasteiger partial charge in [0.05, 0.1) is 17.8 Å². The number of hydrogen-bond donors (Lipinski definition) is 1. The van der Waals surface area contributed by atoms with Crippen molar-refractivity contribution < 1.29 is 9.53 Å². The van der Waals surface area contributed by atoms with Crippen molar-refractivity contribution >= 4 is 23.2 Å². The highest BCUT2D eigenvalue weighted by atomic mass is 32.1. The van der Waals surface area contributed by atoms with Gasteiger partial charge in [0.15, 0.2) is 0 Å². The summed E-state index contributed by atoms with van der Waals surface area (Å²) in [6, 6.07) is -0.665. The average molecular weight is 240 g/mol. The molecular formula is C9H12N4O2S. The quantitative estimate of drug-likeness (QED) is 0.836. The molecule has 2 N–H and O–H groups in total. The zero-order chi connectivity index (χ0) is 11.5. The number of rotatable bonds is 4. The molecule has 6 nitrogen and oxygen atoms in total. The van der Waals surface area contributed by atoms with Gasteiger partial charge in [-0.05, 0) is 0 Å². The molecule has 2 amide bonds. The minimum absolute atomic E-state index is 0.298. The molecule has 0 bridgehead atoms. The highest BCUT2D eigenvalue weighted by Crippen LogP contribution is 2.26. The van der Waals surface area contributed by atoms with Crippen LogP contribution in [-0.2, 0) is 4.74 Å². The minimum atomic E-state index is -0.339. The van der Waals surface area contributed by atoms with Crippen molar-refractivity contribution in [2.75, 3.05) is 20.3 Å². The Morgan fingerprint density at radius 3 is 3.12 bits per heavy atom. The Bertz CT molecular complexity index is 404. The van der Waals surface area contributed by atoms with Crippen molar-refractivity contribution in [3.8, 4) is 0 Å². The molecule has 0 aromatic carbocycles. The number of thiazole rings is 1. The van der Waals surface area contributed by atoms with Gasteiger partial charge in [-0.1, -0.05) is 0 Å². The van der Waals surface area contributed by atoms with E-state index >= 15 is 0 Å². The number of amidine groups is 1. The average Bonchev–Trinajstić information content (AvgIpc) is 2.83. The van der Waals surface area contributed by atoms with E-state index in [4.69, 9.17) is 10.5 Å². The summed E-state index contributed by atoms with van der Waals surface area (Å²) < 4.78 is 4.95. The lowest BCUT2D eigenvalue weighted by molar-refractivity contribution is 0.150. The zero-order valence-electron chi connectivity index (χ0n) is 8.79. The molecule has 0 radical (unpaired) electrons. The van der Waals surface area contributed by atoms with Gasteiger partial charge in [0.1, 0.15) is 11.9 Å². The number of nitrogens with two attached hydrogens (primary N) is 1. The second-order valence-corrected chi connectivity index (χ2v) is 4.04. The standard InChI is InChI=1S/C9H12N4O2S/c1-15-3-2-13-7(6-4-16-5-11-6)8(10)12-9(13)14/h4-5,7H,2-3H2,1H3,(H2,10,12,14). The first-order valence-corrected chi connectivity index (χ1v) is 5.70. The number of methoxy groups -OCH3 is 1. The van der Waals surface area contributed by atoms with Crippen molar-refractivity contribution in [2.24, 2.45) is 10.7 Å². The lowest BCUT2D eigenvalue weighted by atomic mass is 10.2. The number of aliphatic imine (C=N–C) groups is 1. The molecule has 0 aliphatic carbocycles. The van der Waals surface area contributed by atoms with Gasteiger partial charge >= 0.3 is 6.03 Å². The first kappa shape index (κ1) is 11.0. The number of carbonyl (C=O) groups excluding carboxylic acids is 1. The van der Waals surface area contributed by atoms with Crippen LogP contribution in [0.4, 0.5) is 4.79 Å². The zero-order valence-corrected chi connectivity index (χ0v) is 9.61. The molecule has 0 saturated heterocycles. The van der Waals surface area contributed by atoms with Gasteiger partial charge in [0.25, 0.3) is 0 Å². The van der Waals surface area contributed by atoms with E-state index in [-0.39, 0.29) is 12.1 Å². The van der Waals surface area contributed by atoms with E-state index < -0.39 is 0 Å². The molecule has 1 aliphatic rings. The number of aromatic nitrogens is 1. The highest BCUT2D eigenvalue weighted by molar-refractivity contribution is 7.07. The molecule has 86 valence electrons. The van der Waals surface area contributed by atoms with E-state index in [0.29, 0.717) is 19.0 Å². The maximum atomic E-state index is 11.6. The molecule has 0 fully saturated rings. The third kappa shape index (κ3) is 1.91. The summed E-state index contributed by atoms with van der Waals surface area (Å²) in [5, 5.41) is 1.87. The number of nitrogens with zero attached hydrogens (tertiary/aromatic N) is 3. The Morgan fingerprint density at radius 1 is 1.69 bits per heavy atom. The van der Waals surface area contributed by atoms with Crippen LogP contribution in [0.1, 0.15) is 11.7 Å². The molecule has 1 aliphatic heterocycles. The second kappa shape index (κ2) is 4.58. The smallest absolute Gasteiger partial charge is 0.346 e. The molecule has 7 heteroatoms. The number of amides is 2. The van der Waals surface area contributed by atoms with Gasteiger partial charge in [-0.3, -0.25) is 0 Å². The van der Waals surface area contributed by atoms with Crippen LogP contribution in [0.15, 0.2) is 15.9 Å². The summed E-state index contributed by atoms with van der Waals surface area (Å²) in [7, 11) is 1.59. The Balaban J connectivity index is 2.20. The molecule has 1 aromatic rings. The normalized spacial score (nSPS) is 20.3. The maximum Gasteiger partial charge on any atom is 0.346 e. The lowest BCUT2D eigenvalue weighted by Gasteiger charge is -2.22. The van der Waals surface area contributed by atoms with Crippen molar-refractivity contribution in [1.29, 1.82) is 0 Å². The largest absolute Gasteiger partial charge is 0.385 e. The number of hydrogen-bond acceptors (Lipinski definition) is 5. The van der Waals surface area contributed by atoms with Crippen molar-refractivity contribution in [2.45, 2.75) is 6.04 Å². The van der Waals surface area contributed by atoms with Crippen LogP contribution in [0.3, 0.4) is 0 Å². The third-order valence-corrected chi connectivity index (χ3v) is 2.93. The minimum Gasteiger partial charge on any atom is -0.385 e. The van der Waals surface area contributed by atoms with Gasteiger partial charge in [0, 0.05) is 19.0 Å². The van der Waals surface area contributed by atoms with Gasteiger partial charge in [-0.15, -0.1) is 11.3 Å². The molecule has 2 rings (SSSR count). The van der Waals surface area contributed by atoms with E-state index in [1.807, 2.05) is 5.38 Å². The SMILES string of the molecule is COCCN1C(=O)N=C(N)C1c1cscn1. The van der Waals surface area contributed by atoms with Crippen LogP contribution in [0.5, 0.6) is 0 Å². The first-order chi connectivity index (χ1) is 7.74. The Kier molecular flexibility index (Phi) is 3.16. The lowest BCUT2D eigenvalue weighted by Crippen LogP contribution is -2.35. The summed E-state index contributed by atoms with van der Waals surface area (Å²) in [4.78, 5) is 21.1. The van der Waals surface area contributed by atoms with E-state index in [9.17, 15) is 4.79 Å². The Hall–Kier alpha value is -1.47. The third-order valence-electron chi connectivity index (χ3n) is 2.33. The summed E-state index contributed by atoms with van der Waals surface area (Å²) in [6.45, 7) is 0.914. The monoisotopic (exact) mass is 240 g/mol. The van der Waals surface area contributed by atoms with Crippen molar-refractivity contribution in [1.82, 2.24) is 9.88 Å².